The minimum Gasteiger partial charge on any atom is -0.360 e. The number of hydrogen-bond donors (Lipinski definition) is 0. The average Bonchev–Trinajstić information content (AvgIpc) is 2.96. The maximum atomic E-state index is 5.96. The van der Waals surface area contributed by atoms with Crippen molar-refractivity contribution < 1.29 is 28.4 Å². The molecule has 3 saturated heterocycles. The fraction of sp³-hybridized carbons (Fsp3) is 0.867. The fourth-order valence-corrected chi connectivity index (χ4v) is 3.01. The number of terminal acetylenes is 1. The van der Waals surface area contributed by atoms with Gasteiger partial charge in [-0.25, -0.2) is 0 Å². The van der Waals surface area contributed by atoms with Crippen LogP contribution in [0.15, 0.2) is 0 Å². The number of rotatable bonds is 3. The quantitative estimate of drug-likeness (QED) is 0.726. The van der Waals surface area contributed by atoms with Crippen LogP contribution in [0.3, 0.4) is 0 Å². The Morgan fingerprint density at radius 3 is 2.48 bits per heavy atom. The van der Waals surface area contributed by atoms with Crippen LogP contribution in [0.5, 0.6) is 0 Å². The predicted molar refractivity (Wildman–Crippen MR) is 72.2 cm³/mol. The third-order valence-corrected chi connectivity index (χ3v) is 3.78. The zero-order chi connectivity index (χ0) is 15.3. The molecule has 3 fully saturated rings. The highest BCUT2D eigenvalue weighted by atomic mass is 16.8. The molecule has 0 spiro atoms. The van der Waals surface area contributed by atoms with E-state index >= 15 is 0 Å². The van der Waals surface area contributed by atoms with Crippen LogP contribution in [0, 0.1) is 12.3 Å². The van der Waals surface area contributed by atoms with Gasteiger partial charge in [-0.05, 0) is 27.7 Å². The van der Waals surface area contributed by atoms with E-state index in [1.807, 2.05) is 27.7 Å². The van der Waals surface area contributed by atoms with Crippen molar-refractivity contribution in [2.75, 3.05) is 13.2 Å². The van der Waals surface area contributed by atoms with E-state index in [9.17, 15) is 0 Å². The lowest BCUT2D eigenvalue weighted by Gasteiger charge is -2.28. The van der Waals surface area contributed by atoms with E-state index in [4.69, 9.17) is 34.8 Å². The molecule has 0 N–H and O–H groups in total. The van der Waals surface area contributed by atoms with Gasteiger partial charge in [0.2, 0.25) is 0 Å². The third-order valence-electron chi connectivity index (χ3n) is 3.78. The molecule has 0 aromatic heterocycles. The van der Waals surface area contributed by atoms with Crippen molar-refractivity contribution in [1.82, 2.24) is 0 Å². The molecular weight excluding hydrogens is 276 g/mol. The Hall–Kier alpha value is -0.680. The SMILES string of the molecule is C#CCOC1C(C2COC(C)(C)O2)OC2OC(C)(C)OC21. The van der Waals surface area contributed by atoms with E-state index < -0.39 is 17.9 Å². The topological polar surface area (TPSA) is 55.4 Å². The van der Waals surface area contributed by atoms with Crippen LogP contribution >= 0.6 is 0 Å². The predicted octanol–water partition coefficient (Wildman–Crippen LogP) is 1.03. The molecule has 0 aliphatic carbocycles. The first kappa shape index (κ1) is 15.2. The largest absolute Gasteiger partial charge is 0.360 e. The highest BCUT2D eigenvalue weighted by molar-refractivity contribution is 4.99. The molecule has 0 bridgehead atoms. The lowest BCUT2D eigenvalue weighted by atomic mass is 10.1. The minimum absolute atomic E-state index is 0.189. The second-order valence-corrected chi connectivity index (χ2v) is 6.42. The van der Waals surface area contributed by atoms with Crippen molar-refractivity contribution in [2.24, 2.45) is 0 Å². The van der Waals surface area contributed by atoms with Gasteiger partial charge < -0.3 is 28.4 Å². The van der Waals surface area contributed by atoms with Gasteiger partial charge in [-0.3, -0.25) is 0 Å². The van der Waals surface area contributed by atoms with E-state index in [2.05, 4.69) is 5.92 Å². The van der Waals surface area contributed by atoms with E-state index in [1.165, 1.54) is 0 Å². The molecule has 5 unspecified atom stereocenters. The van der Waals surface area contributed by atoms with Crippen molar-refractivity contribution in [2.45, 2.75) is 70.0 Å². The molecule has 6 nitrogen and oxygen atoms in total. The summed E-state index contributed by atoms with van der Waals surface area (Å²) in [5.74, 6) is 1.16. The summed E-state index contributed by atoms with van der Waals surface area (Å²) in [4.78, 5) is 0. The molecule has 6 heteroatoms. The highest BCUT2D eigenvalue weighted by Gasteiger charge is 2.58. The van der Waals surface area contributed by atoms with E-state index in [0.29, 0.717) is 6.61 Å². The fourth-order valence-electron chi connectivity index (χ4n) is 3.01. The Bertz CT molecular complexity index is 440. The summed E-state index contributed by atoms with van der Waals surface area (Å²) in [7, 11) is 0. The smallest absolute Gasteiger partial charge is 0.190 e. The van der Waals surface area contributed by atoms with Crippen LogP contribution in [0.2, 0.25) is 0 Å². The Morgan fingerprint density at radius 1 is 1.10 bits per heavy atom. The maximum Gasteiger partial charge on any atom is 0.190 e. The normalized spacial score (nSPS) is 43.7. The standard InChI is InChI=1S/C15H22O6/c1-6-7-16-11-10(9-8-17-14(2,3)19-9)18-13-12(11)20-15(4,5)21-13/h1,9-13H,7-8H2,2-5H3. The molecule has 3 heterocycles. The van der Waals surface area contributed by atoms with E-state index in [0.717, 1.165) is 0 Å². The van der Waals surface area contributed by atoms with Gasteiger partial charge in [-0.1, -0.05) is 5.92 Å². The number of ether oxygens (including phenoxy) is 6. The summed E-state index contributed by atoms with van der Waals surface area (Å²) >= 11 is 0. The number of hydrogen-bond acceptors (Lipinski definition) is 6. The van der Waals surface area contributed by atoms with Crippen molar-refractivity contribution in [3.8, 4) is 12.3 Å². The molecule has 3 aliphatic heterocycles. The summed E-state index contributed by atoms with van der Waals surface area (Å²) in [6, 6.07) is 0. The van der Waals surface area contributed by atoms with Crippen LogP contribution in [0.1, 0.15) is 27.7 Å². The molecule has 3 rings (SSSR count). The van der Waals surface area contributed by atoms with Gasteiger partial charge >= 0.3 is 0 Å². The molecule has 0 amide bonds. The maximum absolute atomic E-state index is 5.96. The van der Waals surface area contributed by atoms with Crippen LogP contribution in [0.4, 0.5) is 0 Å². The first-order valence-electron chi connectivity index (χ1n) is 7.19. The molecular formula is C15H22O6. The Kier molecular flexibility index (Phi) is 3.77. The molecule has 0 aromatic rings. The summed E-state index contributed by atoms with van der Waals surface area (Å²) in [5, 5.41) is 0. The van der Waals surface area contributed by atoms with Crippen LogP contribution in [-0.2, 0) is 28.4 Å². The van der Waals surface area contributed by atoms with Crippen molar-refractivity contribution in [1.29, 1.82) is 0 Å². The molecule has 0 aromatic carbocycles. The third kappa shape index (κ3) is 2.95. The van der Waals surface area contributed by atoms with Crippen LogP contribution < -0.4 is 0 Å². The van der Waals surface area contributed by atoms with E-state index in [-0.39, 0.29) is 31.0 Å². The highest BCUT2D eigenvalue weighted by Crippen LogP contribution is 2.41. The summed E-state index contributed by atoms with van der Waals surface area (Å²) in [5.41, 5.74) is 0. The van der Waals surface area contributed by atoms with Crippen LogP contribution in [-0.4, -0.2) is 55.5 Å². The zero-order valence-electron chi connectivity index (χ0n) is 12.8. The first-order chi connectivity index (χ1) is 9.81. The first-order valence-corrected chi connectivity index (χ1v) is 7.19. The second kappa shape index (κ2) is 5.20. The van der Waals surface area contributed by atoms with Gasteiger partial charge in [0.25, 0.3) is 0 Å². The van der Waals surface area contributed by atoms with Crippen molar-refractivity contribution in [3.63, 3.8) is 0 Å². The van der Waals surface area contributed by atoms with Gasteiger partial charge in [-0.15, -0.1) is 6.42 Å². The average molecular weight is 298 g/mol. The second-order valence-electron chi connectivity index (χ2n) is 6.42. The van der Waals surface area contributed by atoms with Crippen molar-refractivity contribution in [3.05, 3.63) is 0 Å². The zero-order valence-corrected chi connectivity index (χ0v) is 12.8. The molecule has 5 atom stereocenters. The van der Waals surface area contributed by atoms with Gasteiger partial charge in [0.15, 0.2) is 17.9 Å². The monoisotopic (exact) mass is 298 g/mol. The molecule has 0 radical (unpaired) electrons. The Labute approximate surface area is 125 Å². The molecule has 21 heavy (non-hydrogen) atoms. The lowest BCUT2D eigenvalue weighted by molar-refractivity contribution is -0.235. The van der Waals surface area contributed by atoms with Crippen LogP contribution in [0.25, 0.3) is 0 Å². The summed E-state index contributed by atoms with van der Waals surface area (Å²) in [6.45, 7) is 8.07. The van der Waals surface area contributed by atoms with Gasteiger partial charge in [0.1, 0.15) is 31.0 Å². The molecule has 3 aliphatic rings. The van der Waals surface area contributed by atoms with E-state index in [1.54, 1.807) is 0 Å². The molecule has 118 valence electrons. The van der Waals surface area contributed by atoms with Gasteiger partial charge in [0.05, 0.1) is 6.61 Å². The Morgan fingerprint density at radius 2 is 1.86 bits per heavy atom. The van der Waals surface area contributed by atoms with Gasteiger partial charge in [0, 0.05) is 0 Å². The lowest BCUT2D eigenvalue weighted by Crippen LogP contribution is -2.44. The molecule has 0 saturated carbocycles. The summed E-state index contributed by atoms with van der Waals surface area (Å²) in [6.07, 6.45) is 3.61. The number of fused-ring (bicyclic) bond motifs is 1. The summed E-state index contributed by atoms with van der Waals surface area (Å²) < 4.78 is 34.8. The van der Waals surface area contributed by atoms with Crippen molar-refractivity contribution >= 4 is 0 Å². The minimum atomic E-state index is -0.690. The Balaban J connectivity index is 1.74. The van der Waals surface area contributed by atoms with Gasteiger partial charge in [-0.2, -0.15) is 0 Å².